The molecule has 0 bridgehead atoms. The number of nitrogens with zero attached hydrogens (tertiary/aromatic N) is 4. The lowest BCUT2D eigenvalue weighted by molar-refractivity contribution is -0.0286. The minimum Gasteiger partial charge on any atom is -0.456 e. The SMILES string of the molecule is O[C@@H]1CO[C@H]2[C@@H]1OC[C@H]2Oc1nc2nc(C[C@H]3CCc4cc(-c5cnn(C6COC6)c5)cc(F)c43)c(Cl)cc2[nH]1. The third kappa shape index (κ3) is 4.10. The Balaban J connectivity index is 1.01. The molecule has 6 heterocycles. The van der Waals surface area contributed by atoms with E-state index in [1.165, 1.54) is 0 Å². The molecular weight excluding hydrogens is 541 g/mol. The van der Waals surface area contributed by atoms with Crippen molar-refractivity contribution < 1.29 is 28.4 Å². The Bertz CT molecular complexity index is 1610. The number of imidazole rings is 1. The van der Waals surface area contributed by atoms with Crippen molar-refractivity contribution in [2.75, 3.05) is 26.4 Å². The summed E-state index contributed by atoms with van der Waals surface area (Å²) < 4.78 is 39.9. The average Bonchev–Trinajstić information content (AvgIpc) is 3.71. The van der Waals surface area contributed by atoms with E-state index in [0.717, 1.165) is 35.1 Å². The topological polar surface area (TPSA) is 117 Å². The van der Waals surface area contributed by atoms with Crippen LogP contribution >= 0.6 is 11.6 Å². The zero-order valence-corrected chi connectivity index (χ0v) is 22.2. The molecule has 10 nitrogen and oxygen atoms in total. The molecule has 1 aliphatic carbocycles. The van der Waals surface area contributed by atoms with Crippen LogP contribution in [0.25, 0.3) is 22.3 Å². The van der Waals surface area contributed by atoms with Gasteiger partial charge in [-0.15, -0.1) is 0 Å². The molecule has 3 aromatic heterocycles. The first-order chi connectivity index (χ1) is 19.5. The number of aromatic amines is 1. The number of aliphatic hydroxyl groups excluding tert-OH is 1. The molecule has 40 heavy (non-hydrogen) atoms. The lowest BCUT2D eigenvalue weighted by Crippen LogP contribution is -2.34. The average molecular weight is 568 g/mol. The highest BCUT2D eigenvalue weighted by atomic mass is 35.5. The van der Waals surface area contributed by atoms with Gasteiger partial charge in [-0.05, 0) is 54.0 Å². The van der Waals surface area contributed by atoms with Gasteiger partial charge in [0.1, 0.15) is 24.1 Å². The Morgan fingerprint density at radius 2 is 1.98 bits per heavy atom. The molecule has 8 rings (SSSR count). The lowest BCUT2D eigenvalue weighted by Gasteiger charge is -2.25. The number of nitrogens with one attached hydrogen (secondary N) is 1. The van der Waals surface area contributed by atoms with Gasteiger partial charge in [-0.3, -0.25) is 4.68 Å². The van der Waals surface area contributed by atoms with E-state index in [0.29, 0.717) is 48.1 Å². The van der Waals surface area contributed by atoms with Crippen molar-refractivity contribution in [1.82, 2.24) is 24.7 Å². The van der Waals surface area contributed by atoms with E-state index in [1.807, 2.05) is 10.9 Å². The van der Waals surface area contributed by atoms with Gasteiger partial charge < -0.3 is 29.0 Å². The first kappa shape index (κ1) is 24.7. The number of H-pyrrole nitrogens is 1. The largest absolute Gasteiger partial charge is 0.456 e. The molecule has 3 aliphatic heterocycles. The van der Waals surface area contributed by atoms with E-state index >= 15 is 4.39 Å². The van der Waals surface area contributed by atoms with Crippen LogP contribution < -0.4 is 4.74 Å². The molecule has 3 saturated heterocycles. The fourth-order valence-electron chi connectivity index (χ4n) is 6.30. The Labute approximate surface area is 233 Å². The second-order valence-corrected chi connectivity index (χ2v) is 11.4. The van der Waals surface area contributed by atoms with Gasteiger partial charge in [-0.1, -0.05) is 17.7 Å². The van der Waals surface area contributed by atoms with E-state index in [1.54, 1.807) is 18.3 Å². The van der Waals surface area contributed by atoms with Gasteiger partial charge >= 0.3 is 0 Å². The maximum atomic E-state index is 15.5. The normalized spacial score (nSPS) is 27.7. The number of aromatic nitrogens is 5. The van der Waals surface area contributed by atoms with Crippen molar-refractivity contribution in [2.24, 2.45) is 0 Å². The van der Waals surface area contributed by atoms with Crippen molar-refractivity contribution in [1.29, 1.82) is 0 Å². The first-order valence-electron chi connectivity index (χ1n) is 13.6. The number of halogens is 2. The molecule has 0 amide bonds. The fraction of sp³-hybridized carbons (Fsp3) is 0.464. The summed E-state index contributed by atoms with van der Waals surface area (Å²) in [5.41, 5.74) is 5.28. The predicted octanol–water partition coefficient (Wildman–Crippen LogP) is 3.36. The van der Waals surface area contributed by atoms with Crippen LogP contribution in [0.1, 0.15) is 35.2 Å². The van der Waals surface area contributed by atoms with Gasteiger partial charge in [0.2, 0.25) is 0 Å². The molecule has 2 N–H and O–H groups in total. The molecule has 0 spiro atoms. The van der Waals surface area contributed by atoms with Crippen molar-refractivity contribution in [2.45, 2.75) is 55.6 Å². The minimum absolute atomic E-state index is 0.0328. The number of fused-ring (bicyclic) bond motifs is 3. The number of hydrogen-bond acceptors (Lipinski definition) is 8. The van der Waals surface area contributed by atoms with Gasteiger partial charge in [0, 0.05) is 11.8 Å². The highest BCUT2D eigenvalue weighted by Crippen LogP contribution is 2.41. The summed E-state index contributed by atoms with van der Waals surface area (Å²) in [5, 5.41) is 14.9. The van der Waals surface area contributed by atoms with Gasteiger partial charge in [0.15, 0.2) is 11.8 Å². The number of pyridine rings is 1. The quantitative estimate of drug-likeness (QED) is 0.364. The van der Waals surface area contributed by atoms with Crippen LogP contribution in [0.3, 0.4) is 0 Å². The van der Waals surface area contributed by atoms with Gasteiger partial charge in [-0.2, -0.15) is 10.1 Å². The fourth-order valence-corrected chi connectivity index (χ4v) is 6.53. The van der Waals surface area contributed by atoms with Crippen molar-refractivity contribution in [3.05, 3.63) is 58.3 Å². The summed E-state index contributed by atoms with van der Waals surface area (Å²) in [7, 11) is 0. The van der Waals surface area contributed by atoms with Crippen LogP contribution in [0, 0.1) is 5.82 Å². The maximum absolute atomic E-state index is 15.5. The van der Waals surface area contributed by atoms with Crippen LogP contribution in [0.15, 0.2) is 30.6 Å². The van der Waals surface area contributed by atoms with Crippen LogP contribution in [-0.2, 0) is 27.1 Å². The Kier molecular flexibility index (Phi) is 5.86. The summed E-state index contributed by atoms with van der Waals surface area (Å²) >= 11 is 6.64. The molecule has 1 aromatic carbocycles. The van der Waals surface area contributed by atoms with Crippen LogP contribution in [0.4, 0.5) is 4.39 Å². The van der Waals surface area contributed by atoms with Gasteiger partial charge in [-0.25, -0.2) is 9.37 Å². The number of hydrogen-bond donors (Lipinski definition) is 2. The minimum atomic E-state index is -0.652. The third-order valence-electron chi connectivity index (χ3n) is 8.48. The zero-order chi connectivity index (χ0) is 27.0. The summed E-state index contributed by atoms with van der Waals surface area (Å²) in [6, 6.07) is 6.01. The second-order valence-electron chi connectivity index (χ2n) is 11.0. The summed E-state index contributed by atoms with van der Waals surface area (Å²) in [4.78, 5) is 12.3. The van der Waals surface area contributed by atoms with Crippen molar-refractivity contribution >= 4 is 22.8 Å². The number of ether oxygens (including phenoxy) is 4. The lowest BCUT2D eigenvalue weighted by atomic mass is 9.93. The van der Waals surface area contributed by atoms with E-state index in [-0.39, 0.29) is 48.7 Å². The van der Waals surface area contributed by atoms with E-state index in [4.69, 9.17) is 35.5 Å². The third-order valence-corrected chi connectivity index (χ3v) is 8.80. The van der Waals surface area contributed by atoms with Crippen LogP contribution in [0.5, 0.6) is 6.01 Å². The van der Waals surface area contributed by atoms with Gasteiger partial charge in [0.25, 0.3) is 6.01 Å². The predicted molar refractivity (Wildman–Crippen MR) is 141 cm³/mol. The molecule has 208 valence electrons. The second kappa shape index (κ2) is 9.49. The summed E-state index contributed by atoms with van der Waals surface area (Å²) in [6.45, 7) is 1.84. The highest BCUT2D eigenvalue weighted by molar-refractivity contribution is 6.31. The van der Waals surface area contributed by atoms with Gasteiger partial charge in [0.05, 0.1) is 54.9 Å². The van der Waals surface area contributed by atoms with Crippen molar-refractivity contribution in [3.63, 3.8) is 0 Å². The Morgan fingerprint density at radius 1 is 1.10 bits per heavy atom. The zero-order valence-electron chi connectivity index (χ0n) is 21.4. The summed E-state index contributed by atoms with van der Waals surface area (Å²) in [5.74, 6) is -0.242. The molecule has 12 heteroatoms. The summed E-state index contributed by atoms with van der Waals surface area (Å²) in [6.07, 6.45) is 4.09. The Hall–Kier alpha value is -3.09. The number of benzene rings is 1. The van der Waals surface area contributed by atoms with E-state index in [2.05, 4.69) is 21.1 Å². The number of aryl methyl sites for hydroxylation is 1. The maximum Gasteiger partial charge on any atom is 0.296 e. The van der Waals surface area contributed by atoms with E-state index < -0.39 is 6.10 Å². The van der Waals surface area contributed by atoms with Crippen LogP contribution in [0.2, 0.25) is 5.02 Å². The molecule has 0 radical (unpaired) electrons. The highest BCUT2D eigenvalue weighted by Gasteiger charge is 2.48. The molecule has 3 fully saturated rings. The number of aliphatic hydroxyl groups is 1. The molecule has 0 unspecified atom stereocenters. The molecule has 5 atom stereocenters. The smallest absolute Gasteiger partial charge is 0.296 e. The van der Waals surface area contributed by atoms with Crippen LogP contribution in [-0.4, -0.2) is 80.7 Å². The first-order valence-corrected chi connectivity index (χ1v) is 14.0. The van der Waals surface area contributed by atoms with Crippen molar-refractivity contribution in [3.8, 4) is 17.1 Å². The standard InChI is InChI=1S/C28H27ClFN5O5/c29-18-6-21-27(34-28(33-21)40-23-12-39-25-22(36)11-38-26(23)25)32-20(18)5-14-2-1-13-3-15(4-19(30)24(13)14)16-7-31-35(8-16)17-9-37-10-17/h3-4,6-8,14,17,22-23,25-26,36H,1-2,5,9-12H2,(H,32,33,34)/t14-,22-,23-,25-,26-/m1/s1. The Morgan fingerprint density at radius 3 is 2.83 bits per heavy atom. The molecule has 4 aliphatic rings. The molecule has 0 saturated carbocycles. The monoisotopic (exact) mass is 567 g/mol. The molecular formula is C28H27ClFN5O5. The van der Waals surface area contributed by atoms with E-state index in [9.17, 15) is 5.11 Å². The molecule has 4 aromatic rings. The number of rotatable bonds is 6.